The Morgan fingerprint density at radius 1 is 0.763 bits per heavy atom. The number of hydrazone groups is 1. The zero-order valence-corrected chi connectivity index (χ0v) is 19.8. The van der Waals surface area contributed by atoms with Crippen LogP contribution in [0.3, 0.4) is 0 Å². The molecule has 0 radical (unpaired) electrons. The normalized spacial score (nSPS) is 10.9. The maximum Gasteiger partial charge on any atom is 0.287 e. The van der Waals surface area contributed by atoms with Gasteiger partial charge in [0.2, 0.25) is 0 Å². The fourth-order valence-electron chi connectivity index (χ4n) is 4.06. The molecular formula is C28H20N6O4. The fraction of sp³-hybridized carbons (Fsp3) is 0. The summed E-state index contributed by atoms with van der Waals surface area (Å²) < 4.78 is 2.04. The van der Waals surface area contributed by atoms with E-state index in [4.69, 9.17) is 0 Å². The Hall–Kier alpha value is -5.64. The largest absolute Gasteiger partial charge is 0.309 e. The summed E-state index contributed by atoms with van der Waals surface area (Å²) in [4.78, 5) is 25.2. The average Bonchev–Trinajstić information content (AvgIpc) is 3.33. The van der Waals surface area contributed by atoms with E-state index in [1.165, 1.54) is 24.3 Å². The molecule has 186 valence electrons. The maximum absolute atomic E-state index is 11.3. The SMILES string of the molecule is O=[N+]([O-])c1ccc(-n2c(-c3ccccc3)cc(/C=N\Nc3ccc([N+](=O)[O-])cn3)c2-c2ccccc2)cc1. The van der Waals surface area contributed by atoms with Gasteiger partial charge >= 0.3 is 0 Å². The van der Waals surface area contributed by atoms with Gasteiger partial charge in [0.25, 0.3) is 11.4 Å². The lowest BCUT2D eigenvalue weighted by Gasteiger charge is -2.15. The van der Waals surface area contributed by atoms with E-state index in [1.54, 1.807) is 18.3 Å². The molecule has 0 aliphatic heterocycles. The van der Waals surface area contributed by atoms with Crippen molar-refractivity contribution in [1.29, 1.82) is 0 Å². The quantitative estimate of drug-likeness (QED) is 0.146. The topological polar surface area (TPSA) is 128 Å². The number of rotatable bonds is 8. The van der Waals surface area contributed by atoms with Crippen LogP contribution in [-0.4, -0.2) is 25.6 Å². The molecule has 2 heterocycles. The highest BCUT2D eigenvalue weighted by Gasteiger charge is 2.19. The van der Waals surface area contributed by atoms with Crippen molar-refractivity contribution >= 4 is 23.4 Å². The van der Waals surface area contributed by atoms with E-state index in [1.807, 2.05) is 71.3 Å². The highest BCUT2D eigenvalue weighted by atomic mass is 16.6. The molecule has 0 saturated carbocycles. The molecule has 0 amide bonds. The number of nitrogens with zero attached hydrogens (tertiary/aromatic N) is 5. The Morgan fingerprint density at radius 2 is 1.37 bits per heavy atom. The third-order valence-electron chi connectivity index (χ3n) is 5.81. The smallest absolute Gasteiger partial charge is 0.287 e. The monoisotopic (exact) mass is 504 g/mol. The lowest BCUT2D eigenvalue weighted by Crippen LogP contribution is -2.01. The summed E-state index contributed by atoms with van der Waals surface area (Å²) in [6.45, 7) is 0. The van der Waals surface area contributed by atoms with Crippen molar-refractivity contribution in [3.8, 4) is 28.2 Å². The third kappa shape index (κ3) is 5.00. The molecule has 5 aromatic rings. The van der Waals surface area contributed by atoms with Gasteiger partial charge in [-0.25, -0.2) is 4.98 Å². The molecule has 0 aliphatic rings. The van der Waals surface area contributed by atoms with Crippen LogP contribution in [0, 0.1) is 20.2 Å². The molecule has 0 saturated heterocycles. The minimum atomic E-state index is -0.516. The molecule has 0 bridgehead atoms. The zero-order chi connectivity index (χ0) is 26.5. The van der Waals surface area contributed by atoms with Crippen LogP contribution in [0.5, 0.6) is 0 Å². The van der Waals surface area contributed by atoms with Crippen molar-refractivity contribution in [3.05, 3.63) is 135 Å². The van der Waals surface area contributed by atoms with Gasteiger partial charge in [0.05, 0.1) is 27.4 Å². The Labute approximate surface area is 216 Å². The van der Waals surface area contributed by atoms with Gasteiger partial charge in [-0.15, -0.1) is 0 Å². The minimum Gasteiger partial charge on any atom is -0.309 e. The Balaban J connectivity index is 1.64. The first-order valence-electron chi connectivity index (χ1n) is 11.5. The zero-order valence-electron chi connectivity index (χ0n) is 19.8. The average molecular weight is 505 g/mol. The summed E-state index contributed by atoms with van der Waals surface area (Å²) in [6, 6.07) is 30.8. The summed E-state index contributed by atoms with van der Waals surface area (Å²) in [5.74, 6) is 0.353. The van der Waals surface area contributed by atoms with Gasteiger partial charge in [0.15, 0.2) is 0 Å². The van der Waals surface area contributed by atoms with Crippen LogP contribution in [0.25, 0.3) is 28.2 Å². The number of non-ortho nitro benzene ring substituents is 1. The molecule has 0 spiro atoms. The summed E-state index contributed by atoms with van der Waals surface area (Å²) in [5.41, 5.74) is 7.81. The Morgan fingerprint density at radius 3 is 1.95 bits per heavy atom. The number of nitro groups is 2. The second kappa shape index (κ2) is 10.5. The van der Waals surface area contributed by atoms with E-state index in [-0.39, 0.29) is 11.4 Å². The van der Waals surface area contributed by atoms with Gasteiger partial charge < -0.3 is 4.57 Å². The second-order valence-electron chi connectivity index (χ2n) is 8.20. The molecule has 10 nitrogen and oxygen atoms in total. The maximum atomic E-state index is 11.3. The van der Waals surface area contributed by atoms with E-state index < -0.39 is 9.85 Å². The summed E-state index contributed by atoms with van der Waals surface area (Å²) >= 11 is 0. The molecule has 0 fully saturated rings. The lowest BCUT2D eigenvalue weighted by atomic mass is 10.1. The van der Waals surface area contributed by atoms with Crippen LogP contribution in [-0.2, 0) is 0 Å². The third-order valence-corrected chi connectivity index (χ3v) is 5.81. The molecule has 38 heavy (non-hydrogen) atoms. The van der Waals surface area contributed by atoms with Crippen molar-refractivity contribution in [2.24, 2.45) is 5.10 Å². The predicted octanol–water partition coefficient (Wildman–Crippen LogP) is 6.47. The van der Waals surface area contributed by atoms with Gasteiger partial charge in [-0.3, -0.25) is 25.7 Å². The molecule has 0 aliphatic carbocycles. The highest BCUT2D eigenvalue weighted by molar-refractivity contribution is 5.93. The lowest BCUT2D eigenvalue weighted by molar-refractivity contribution is -0.385. The van der Waals surface area contributed by atoms with Crippen LogP contribution >= 0.6 is 0 Å². The van der Waals surface area contributed by atoms with E-state index >= 15 is 0 Å². The van der Waals surface area contributed by atoms with Crippen molar-refractivity contribution in [1.82, 2.24) is 9.55 Å². The van der Waals surface area contributed by atoms with E-state index in [0.717, 1.165) is 40.0 Å². The summed E-state index contributed by atoms with van der Waals surface area (Å²) in [7, 11) is 0. The molecule has 0 atom stereocenters. The van der Waals surface area contributed by atoms with Crippen LogP contribution in [0.2, 0.25) is 0 Å². The van der Waals surface area contributed by atoms with Crippen LogP contribution < -0.4 is 5.43 Å². The number of aromatic nitrogens is 2. The van der Waals surface area contributed by atoms with Crippen LogP contribution in [0.1, 0.15) is 5.56 Å². The molecule has 3 aromatic carbocycles. The molecule has 1 N–H and O–H groups in total. The first-order valence-corrected chi connectivity index (χ1v) is 11.5. The van der Waals surface area contributed by atoms with Gasteiger partial charge in [0.1, 0.15) is 12.0 Å². The molecule has 2 aromatic heterocycles. The predicted molar refractivity (Wildman–Crippen MR) is 145 cm³/mol. The van der Waals surface area contributed by atoms with Crippen molar-refractivity contribution in [2.45, 2.75) is 0 Å². The molecule has 5 rings (SSSR count). The number of nitro benzene ring substituents is 1. The number of pyridine rings is 1. The molecule has 10 heteroatoms. The van der Waals surface area contributed by atoms with Crippen molar-refractivity contribution < 1.29 is 9.85 Å². The van der Waals surface area contributed by atoms with Crippen LogP contribution in [0.4, 0.5) is 17.2 Å². The number of nitrogens with one attached hydrogen (secondary N) is 1. The minimum absolute atomic E-state index is 0.00464. The molecular weight excluding hydrogens is 484 g/mol. The summed E-state index contributed by atoms with van der Waals surface area (Å²) in [5, 5.41) is 26.5. The van der Waals surface area contributed by atoms with E-state index in [0.29, 0.717) is 5.82 Å². The van der Waals surface area contributed by atoms with Crippen molar-refractivity contribution in [2.75, 3.05) is 5.43 Å². The Kier molecular flexibility index (Phi) is 6.68. The number of hydrogen-bond acceptors (Lipinski definition) is 7. The van der Waals surface area contributed by atoms with Crippen molar-refractivity contribution in [3.63, 3.8) is 0 Å². The number of hydrogen-bond donors (Lipinski definition) is 1. The summed E-state index contributed by atoms with van der Waals surface area (Å²) in [6.07, 6.45) is 2.81. The second-order valence-corrected chi connectivity index (χ2v) is 8.20. The first-order chi connectivity index (χ1) is 18.5. The van der Waals surface area contributed by atoms with E-state index in [9.17, 15) is 20.2 Å². The fourth-order valence-corrected chi connectivity index (χ4v) is 4.06. The van der Waals surface area contributed by atoms with Gasteiger partial charge in [-0.05, 0) is 35.4 Å². The van der Waals surface area contributed by atoms with Gasteiger partial charge in [-0.2, -0.15) is 5.10 Å². The van der Waals surface area contributed by atoms with Gasteiger partial charge in [-0.1, -0.05) is 60.7 Å². The van der Waals surface area contributed by atoms with E-state index in [2.05, 4.69) is 15.5 Å². The highest BCUT2D eigenvalue weighted by Crippen LogP contribution is 2.35. The first kappa shape index (κ1) is 24.1. The standard InChI is InChI=1S/C28H20N6O4/c35-33(36)24-13-11-23(12-14-24)32-26(20-7-3-1-4-8-20)17-22(28(32)21-9-5-2-6-10-21)18-30-31-27-16-15-25(19-29-27)34(37)38/h1-19H,(H,29,31)/b30-18-. The molecule has 0 unspecified atom stereocenters. The Bertz CT molecular complexity index is 1610. The van der Waals surface area contributed by atoms with Crippen LogP contribution in [0.15, 0.2) is 114 Å². The number of anilines is 1. The van der Waals surface area contributed by atoms with Gasteiger partial charge in [0, 0.05) is 29.4 Å². The number of benzene rings is 3.